The van der Waals surface area contributed by atoms with Gasteiger partial charge < -0.3 is 10.1 Å². The lowest BCUT2D eigenvalue weighted by Crippen LogP contribution is -2.35. The van der Waals surface area contributed by atoms with Crippen LogP contribution in [0.2, 0.25) is 0 Å². The molecule has 0 spiro atoms. The number of nitrogens with one attached hydrogen (secondary N) is 1. The summed E-state index contributed by atoms with van der Waals surface area (Å²) in [6, 6.07) is 11.1. The molecule has 1 aromatic carbocycles. The van der Waals surface area contributed by atoms with Gasteiger partial charge in [-0.25, -0.2) is 0 Å². The summed E-state index contributed by atoms with van der Waals surface area (Å²) in [4.78, 5) is 0. The number of benzene rings is 1. The molecule has 0 bridgehead atoms. The number of ether oxygens (including phenoxy) is 1. The predicted molar refractivity (Wildman–Crippen MR) is 80.3 cm³/mol. The highest BCUT2D eigenvalue weighted by Crippen LogP contribution is 2.46. The van der Waals surface area contributed by atoms with Crippen molar-refractivity contribution in [3.05, 3.63) is 35.9 Å². The van der Waals surface area contributed by atoms with E-state index >= 15 is 0 Å². The van der Waals surface area contributed by atoms with Crippen LogP contribution in [-0.4, -0.2) is 20.3 Å². The molecule has 2 rings (SSSR count). The van der Waals surface area contributed by atoms with Gasteiger partial charge in [0.2, 0.25) is 0 Å². The van der Waals surface area contributed by atoms with Crippen LogP contribution >= 0.6 is 0 Å². The van der Waals surface area contributed by atoms with Crippen molar-refractivity contribution in [3.8, 4) is 0 Å². The molecule has 0 aromatic heterocycles. The Morgan fingerprint density at radius 3 is 2.53 bits per heavy atom. The van der Waals surface area contributed by atoms with E-state index in [1.54, 1.807) is 0 Å². The molecule has 1 atom stereocenters. The van der Waals surface area contributed by atoms with Crippen molar-refractivity contribution in [1.29, 1.82) is 0 Å². The number of hydrogen-bond donors (Lipinski definition) is 1. The van der Waals surface area contributed by atoms with Gasteiger partial charge in [0, 0.05) is 19.8 Å². The lowest BCUT2D eigenvalue weighted by molar-refractivity contribution is 0.0610. The quantitative estimate of drug-likeness (QED) is 0.765. The molecule has 1 N–H and O–H groups in total. The van der Waals surface area contributed by atoms with E-state index in [9.17, 15) is 0 Å². The third-order valence-electron chi connectivity index (χ3n) is 4.66. The minimum Gasteiger partial charge on any atom is -0.385 e. The zero-order chi connectivity index (χ0) is 13.6. The van der Waals surface area contributed by atoms with E-state index < -0.39 is 0 Å². The summed E-state index contributed by atoms with van der Waals surface area (Å²) in [5.74, 6) is 0. The fourth-order valence-electron chi connectivity index (χ4n) is 3.03. The summed E-state index contributed by atoms with van der Waals surface area (Å²) in [5.41, 5.74) is 1.95. The van der Waals surface area contributed by atoms with Crippen molar-refractivity contribution in [2.24, 2.45) is 5.41 Å². The van der Waals surface area contributed by atoms with Crippen LogP contribution in [0.15, 0.2) is 30.3 Å². The van der Waals surface area contributed by atoms with Crippen LogP contribution in [0.1, 0.15) is 50.6 Å². The molecule has 19 heavy (non-hydrogen) atoms. The van der Waals surface area contributed by atoms with Gasteiger partial charge in [0.15, 0.2) is 0 Å². The molecule has 0 radical (unpaired) electrons. The maximum absolute atomic E-state index is 5.25. The summed E-state index contributed by atoms with van der Waals surface area (Å²) >= 11 is 0. The minimum atomic E-state index is 0.445. The smallest absolute Gasteiger partial charge is 0.0467 e. The van der Waals surface area contributed by atoms with Gasteiger partial charge in [0.05, 0.1) is 0 Å². The zero-order valence-corrected chi connectivity index (χ0v) is 12.3. The molecule has 1 unspecified atom stereocenters. The maximum atomic E-state index is 5.25. The van der Waals surface area contributed by atoms with Gasteiger partial charge in [-0.3, -0.25) is 0 Å². The van der Waals surface area contributed by atoms with Gasteiger partial charge in [-0.05, 0) is 50.1 Å². The summed E-state index contributed by atoms with van der Waals surface area (Å²) in [6.45, 7) is 4.27. The van der Waals surface area contributed by atoms with Gasteiger partial charge in [-0.15, -0.1) is 0 Å². The highest BCUT2D eigenvalue weighted by Gasteiger charge is 2.35. The molecule has 0 aliphatic heterocycles. The van der Waals surface area contributed by atoms with Gasteiger partial charge in [-0.1, -0.05) is 36.8 Å². The van der Waals surface area contributed by atoms with Gasteiger partial charge in [0.1, 0.15) is 0 Å². The Labute approximate surface area is 117 Å². The Kier molecular flexibility index (Phi) is 5.41. The number of rotatable bonds is 8. The van der Waals surface area contributed by atoms with Crippen LogP contribution in [0.4, 0.5) is 0 Å². The van der Waals surface area contributed by atoms with E-state index in [-0.39, 0.29) is 0 Å². The SMILES string of the molecule is COCCC1(CCNC(C)c2ccccc2)CCC1. The van der Waals surface area contributed by atoms with E-state index in [4.69, 9.17) is 4.74 Å². The topological polar surface area (TPSA) is 21.3 Å². The van der Waals surface area contributed by atoms with Crippen LogP contribution in [0, 0.1) is 5.41 Å². The molecule has 1 aromatic rings. The van der Waals surface area contributed by atoms with Crippen molar-refractivity contribution < 1.29 is 4.74 Å². The first-order valence-corrected chi connectivity index (χ1v) is 7.53. The molecule has 106 valence electrons. The number of hydrogen-bond acceptors (Lipinski definition) is 2. The normalized spacial score (nSPS) is 18.8. The minimum absolute atomic E-state index is 0.445. The average Bonchev–Trinajstić information content (AvgIpc) is 2.41. The Morgan fingerprint density at radius 2 is 1.95 bits per heavy atom. The molecule has 0 heterocycles. The average molecular weight is 261 g/mol. The fourth-order valence-corrected chi connectivity index (χ4v) is 3.03. The summed E-state index contributed by atoms with van der Waals surface area (Å²) in [7, 11) is 1.81. The molecule has 2 heteroatoms. The first kappa shape index (κ1) is 14.5. The van der Waals surface area contributed by atoms with Crippen molar-refractivity contribution in [2.75, 3.05) is 20.3 Å². The Bertz CT molecular complexity index is 359. The molecular weight excluding hydrogens is 234 g/mol. The van der Waals surface area contributed by atoms with Crippen LogP contribution in [0.25, 0.3) is 0 Å². The lowest BCUT2D eigenvalue weighted by atomic mass is 9.65. The summed E-state index contributed by atoms with van der Waals surface area (Å²) < 4.78 is 5.25. The molecule has 1 fully saturated rings. The zero-order valence-electron chi connectivity index (χ0n) is 12.3. The highest BCUT2D eigenvalue weighted by molar-refractivity contribution is 5.17. The van der Waals surface area contributed by atoms with Crippen LogP contribution in [0.5, 0.6) is 0 Å². The van der Waals surface area contributed by atoms with Gasteiger partial charge in [0.25, 0.3) is 0 Å². The third kappa shape index (κ3) is 4.05. The second-order valence-corrected chi connectivity index (χ2v) is 5.93. The first-order valence-electron chi connectivity index (χ1n) is 7.53. The monoisotopic (exact) mass is 261 g/mol. The summed E-state index contributed by atoms with van der Waals surface area (Å²) in [5, 5.41) is 3.66. The Morgan fingerprint density at radius 1 is 1.21 bits per heavy atom. The fraction of sp³-hybridized carbons (Fsp3) is 0.647. The molecule has 1 aliphatic rings. The Hall–Kier alpha value is -0.860. The highest BCUT2D eigenvalue weighted by atomic mass is 16.5. The van der Waals surface area contributed by atoms with Crippen LogP contribution in [0.3, 0.4) is 0 Å². The first-order chi connectivity index (χ1) is 9.26. The van der Waals surface area contributed by atoms with Crippen LogP contribution in [-0.2, 0) is 4.74 Å². The standard InChI is InChI=1S/C17H27NO/c1-15(16-7-4-3-5-8-16)18-13-11-17(9-6-10-17)12-14-19-2/h3-5,7-8,15,18H,6,9-14H2,1-2H3. The van der Waals surface area contributed by atoms with E-state index in [2.05, 4.69) is 42.6 Å². The van der Waals surface area contributed by atoms with E-state index in [0.29, 0.717) is 11.5 Å². The van der Waals surface area contributed by atoms with E-state index in [1.807, 2.05) is 7.11 Å². The predicted octanol–water partition coefficient (Wildman–Crippen LogP) is 3.93. The molecule has 0 saturated heterocycles. The molecular formula is C17H27NO. The summed E-state index contributed by atoms with van der Waals surface area (Å²) in [6.07, 6.45) is 6.69. The molecule has 2 nitrogen and oxygen atoms in total. The second kappa shape index (κ2) is 7.06. The molecule has 1 aliphatic carbocycles. The maximum Gasteiger partial charge on any atom is 0.0467 e. The van der Waals surface area contributed by atoms with Gasteiger partial charge >= 0.3 is 0 Å². The van der Waals surface area contributed by atoms with Crippen LogP contribution < -0.4 is 5.32 Å². The van der Waals surface area contributed by atoms with Gasteiger partial charge in [-0.2, -0.15) is 0 Å². The number of methoxy groups -OCH3 is 1. The van der Waals surface area contributed by atoms with Crippen molar-refractivity contribution in [3.63, 3.8) is 0 Å². The Balaban J connectivity index is 1.73. The van der Waals surface area contributed by atoms with E-state index in [1.165, 1.54) is 37.7 Å². The van der Waals surface area contributed by atoms with E-state index in [0.717, 1.165) is 13.2 Å². The van der Waals surface area contributed by atoms with Crippen molar-refractivity contribution in [2.45, 2.75) is 45.1 Å². The third-order valence-corrected chi connectivity index (χ3v) is 4.66. The molecule has 1 saturated carbocycles. The second-order valence-electron chi connectivity index (χ2n) is 5.93. The molecule has 0 amide bonds. The largest absolute Gasteiger partial charge is 0.385 e. The van der Waals surface area contributed by atoms with Crippen molar-refractivity contribution >= 4 is 0 Å². The lowest BCUT2D eigenvalue weighted by Gasteiger charge is -2.42. The van der Waals surface area contributed by atoms with Crippen molar-refractivity contribution in [1.82, 2.24) is 5.32 Å².